The predicted octanol–water partition coefficient (Wildman–Crippen LogP) is 3.66. The Kier molecular flexibility index (Phi) is 7.89. The van der Waals surface area contributed by atoms with Crippen LogP contribution in [0.2, 0.25) is 0 Å². The second-order valence-corrected chi connectivity index (χ2v) is 8.19. The molecule has 33 heavy (non-hydrogen) atoms. The van der Waals surface area contributed by atoms with Gasteiger partial charge in [0.1, 0.15) is 11.5 Å². The van der Waals surface area contributed by atoms with Crippen molar-refractivity contribution in [2.24, 2.45) is 5.92 Å². The van der Waals surface area contributed by atoms with Gasteiger partial charge in [-0.2, -0.15) is 18.3 Å². The fourth-order valence-corrected chi connectivity index (χ4v) is 2.70. The number of rotatable bonds is 7. The van der Waals surface area contributed by atoms with Crippen molar-refractivity contribution in [3.8, 4) is 5.69 Å². The molecule has 1 heterocycles. The van der Waals surface area contributed by atoms with Gasteiger partial charge in [0.15, 0.2) is 11.4 Å². The Morgan fingerprint density at radius 3 is 2.39 bits per heavy atom. The molecule has 0 aliphatic heterocycles. The smallest absolute Gasteiger partial charge is 0.435 e. The Morgan fingerprint density at radius 1 is 1.15 bits per heavy atom. The summed E-state index contributed by atoms with van der Waals surface area (Å²) in [6.07, 6.45) is -4.75. The third-order valence-electron chi connectivity index (χ3n) is 4.26. The van der Waals surface area contributed by atoms with Crippen LogP contribution in [0.5, 0.6) is 0 Å². The number of carbonyl (C=O) groups excluding carboxylic acids is 3. The number of halogens is 3. The molecule has 1 aromatic heterocycles. The van der Waals surface area contributed by atoms with Gasteiger partial charge in [-0.1, -0.05) is 12.1 Å². The minimum absolute atomic E-state index is 0.0120. The van der Waals surface area contributed by atoms with Crippen molar-refractivity contribution < 1.29 is 37.0 Å². The molecule has 0 spiro atoms. The van der Waals surface area contributed by atoms with Crippen molar-refractivity contribution in [1.29, 1.82) is 0 Å². The number of aromatic nitrogens is 2. The van der Waals surface area contributed by atoms with Crippen LogP contribution in [0.4, 0.5) is 13.2 Å². The number of esters is 2. The predicted molar refractivity (Wildman–Crippen MR) is 111 cm³/mol. The molecule has 1 N–H and O–H groups in total. The van der Waals surface area contributed by atoms with Gasteiger partial charge in [0.25, 0.3) is 0 Å². The fraction of sp³-hybridized carbons (Fsp3) is 0.455. The summed E-state index contributed by atoms with van der Waals surface area (Å²) < 4.78 is 50.4. The van der Waals surface area contributed by atoms with Gasteiger partial charge in [-0.05, 0) is 52.3 Å². The lowest BCUT2D eigenvalue weighted by Gasteiger charge is -2.22. The second kappa shape index (κ2) is 10.1. The Hall–Kier alpha value is -3.37. The molecule has 0 saturated carbocycles. The third kappa shape index (κ3) is 7.06. The molecule has 0 radical (unpaired) electrons. The van der Waals surface area contributed by atoms with Gasteiger partial charge in [-0.3, -0.25) is 9.59 Å². The lowest BCUT2D eigenvalue weighted by molar-refractivity contribution is -0.161. The summed E-state index contributed by atoms with van der Waals surface area (Å²) in [6, 6.07) is 6.71. The zero-order chi connectivity index (χ0) is 25.0. The SMILES string of the molecule is CCOC(=O)c1cc(C(F)(F)F)nn1-c1cccc(CNC(=O)C(C)C(=O)OC(C)(C)C)c1. The van der Waals surface area contributed by atoms with Gasteiger partial charge in [-0.15, -0.1) is 0 Å². The Labute approximate surface area is 189 Å². The van der Waals surface area contributed by atoms with Gasteiger partial charge < -0.3 is 14.8 Å². The zero-order valence-corrected chi connectivity index (χ0v) is 18.9. The van der Waals surface area contributed by atoms with Gasteiger partial charge in [-0.25, -0.2) is 9.48 Å². The average molecular weight is 469 g/mol. The maximum absolute atomic E-state index is 13.2. The van der Waals surface area contributed by atoms with E-state index in [0.29, 0.717) is 11.6 Å². The van der Waals surface area contributed by atoms with Gasteiger partial charge in [0.05, 0.1) is 12.3 Å². The fourth-order valence-electron chi connectivity index (χ4n) is 2.70. The minimum atomic E-state index is -4.75. The van der Waals surface area contributed by atoms with Crippen LogP contribution < -0.4 is 5.32 Å². The normalized spacial score (nSPS) is 12.7. The maximum Gasteiger partial charge on any atom is 0.435 e. The third-order valence-corrected chi connectivity index (χ3v) is 4.26. The number of alkyl halides is 3. The van der Waals surface area contributed by atoms with Crippen molar-refractivity contribution >= 4 is 17.8 Å². The molecule has 1 amide bonds. The van der Waals surface area contributed by atoms with Crippen LogP contribution in [-0.2, 0) is 31.8 Å². The van der Waals surface area contributed by atoms with E-state index in [0.717, 1.165) is 4.68 Å². The first-order valence-electron chi connectivity index (χ1n) is 10.2. The zero-order valence-electron chi connectivity index (χ0n) is 18.9. The Balaban J connectivity index is 2.23. The summed E-state index contributed by atoms with van der Waals surface area (Å²) in [4.78, 5) is 36.5. The van der Waals surface area contributed by atoms with Crippen LogP contribution in [0, 0.1) is 5.92 Å². The number of hydrogen-bond acceptors (Lipinski definition) is 6. The molecular weight excluding hydrogens is 443 g/mol. The Morgan fingerprint density at radius 2 is 1.82 bits per heavy atom. The summed E-state index contributed by atoms with van der Waals surface area (Å²) in [6.45, 7) is 7.97. The van der Waals surface area contributed by atoms with Gasteiger partial charge >= 0.3 is 18.1 Å². The number of nitrogens with zero attached hydrogens (tertiary/aromatic N) is 2. The van der Waals surface area contributed by atoms with E-state index in [4.69, 9.17) is 9.47 Å². The molecule has 1 atom stereocenters. The topological polar surface area (TPSA) is 99.5 Å². The van der Waals surface area contributed by atoms with Crippen molar-refractivity contribution in [3.63, 3.8) is 0 Å². The van der Waals surface area contributed by atoms with Crippen molar-refractivity contribution in [3.05, 3.63) is 47.3 Å². The van der Waals surface area contributed by atoms with Gasteiger partial charge in [0, 0.05) is 12.6 Å². The minimum Gasteiger partial charge on any atom is -0.461 e. The number of hydrogen-bond donors (Lipinski definition) is 1. The highest BCUT2D eigenvalue weighted by Crippen LogP contribution is 2.30. The van der Waals surface area contributed by atoms with Crippen LogP contribution in [0.1, 0.15) is 56.4 Å². The highest BCUT2D eigenvalue weighted by atomic mass is 19.4. The molecule has 0 fully saturated rings. The van der Waals surface area contributed by atoms with E-state index < -0.39 is 41.2 Å². The maximum atomic E-state index is 13.2. The standard InChI is InChI=1S/C22H26F3N3O5/c1-6-32-20(31)16-11-17(22(23,24)25)27-28(16)15-9-7-8-14(10-15)12-26-18(29)13(2)19(30)33-21(3,4)5/h7-11,13H,6,12H2,1-5H3,(H,26,29). The molecular formula is C22H26F3N3O5. The van der Waals surface area contributed by atoms with Crippen molar-refractivity contribution in [2.75, 3.05) is 6.61 Å². The lowest BCUT2D eigenvalue weighted by atomic mass is 10.1. The molecule has 1 aromatic carbocycles. The van der Waals surface area contributed by atoms with Crippen molar-refractivity contribution in [2.45, 2.75) is 52.9 Å². The first-order chi connectivity index (χ1) is 15.2. The van der Waals surface area contributed by atoms with Crippen LogP contribution in [0.15, 0.2) is 30.3 Å². The second-order valence-electron chi connectivity index (χ2n) is 8.19. The lowest BCUT2D eigenvalue weighted by Crippen LogP contribution is -2.37. The van der Waals surface area contributed by atoms with Crippen LogP contribution in [-0.4, -0.2) is 39.8 Å². The highest BCUT2D eigenvalue weighted by molar-refractivity contribution is 5.97. The van der Waals surface area contributed by atoms with E-state index in [9.17, 15) is 27.6 Å². The molecule has 2 rings (SSSR count). The first-order valence-corrected chi connectivity index (χ1v) is 10.2. The van der Waals surface area contributed by atoms with Gasteiger partial charge in [0.2, 0.25) is 5.91 Å². The van der Waals surface area contributed by atoms with E-state index in [1.807, 2.05) is 0 Å². The molecule has 0 saturated heterocycles. The van der Waals surface area contributed by atoms with Crippen molar-refractivity contribution in [1.82, 2.24) is 15.1 Å². The molecule has 0 bridgehead atoms. The Bertz CT molecular complexity index is 1030. The van der Waals surface area contributed by atoms with E-state index in [1.165, 1.54) is 32.0 Å². The number of carbonyl (C=O) groups is 3. The largest absolute Gasteiger partial charge is 0.461 e. The summed E-state index contributed by atoms with van der Waals surface area (Å²) in [5, 5.41) is 6.11. The summed E-state index contributed by atoms with van der Waals surface area (Å²) >= 11 is 0. The molecule has 1 unspecified atom stereocenters. The quantitative estimate of drug-likeness (QED) is 0.491. The number of benzene rings is 1. The van der Waals surface area contributed by atoms with E-state index in [1.54, 1.807) is 26.8 Å². The number of nitrogens with one attached hydrogen (secondary N) is 1. The molecule has 0 aliphatic rings. The molecule has 8 nitrogen and oxygen atoms in total. The van der Waals surface area contributed by atoms with Crippen LogP contribution in [0.25, 0.3) is 5.69 Å². The van der Waals surface area contributed by atoms with E-state index in [2.05, 4.69) is 10.4 Å². The first kappa shape index (κ1) is 25.9. The number of ether oxygens (including phenoxy) is 2. The molecule has 2 aromatic rings. The monoisotopic (exact) mass is 469 g/mol. The summed E-state index contributed by atoms with van der Waals surface area (Å²) in [7, 11) is 0. The van der Waals surface area contributed by atoms with E-state index in [-0.39, 0.29) is 24.5 Å². The summed E-state index contributed by atoms with van der Waals surface area (Å²) in [5.74, 6) is -3.25. The van der Waals surface area contributed by atoms with Crippen LogP contribution in [0.3, 0.4) is 0 Å². The summed E-state index contributed by atoms with van der Waals surface area (Å²) in [5.41, 5.74) is -1.69. The molecule has 180 valence electrons. The average Bonchev–Trinajstić information content (AvgIpc) is 3.17. The molecule has 11 heteroatoms. The molecule has 0 aliphatic carbocycles. The number of amides is 1. The highest BCUT2D eigenvalue weighted by Gasteiger charge is 2.36. The van der Waals surface area contributed by atoms with E-state index >= 15 is 0 Å². The van der Waals surface area contributed by atoms with Crippen LogP contribution >= 0.6 is 0 Å².